The van der Waals surface area contributed by atoms with Crippen molar-refractivity contribution in [3.05, 3.63) is 24.0 Å². The minimum atomic E-state index is -4.81. The van der Waals surface area contributed by atoms with Crippen LogP contribution in [-0.4, -0.2) is 12.2 Å². The van der Waals surface area contributed by atoms with Crippen molar-refractivity contribution in [2.45, 2.75) is 12.2 Å². The second-order valence-corrected chi connectivity index (χ2v) is 2.83. The van der Waals surface area contributed by atoms with E-state index in [0.717, 1.165) is 12.1 Å². The van der Waals surface area contributed by atoms with Crippen molar-refractivity contribution in [2.75, 3.05) is 0 Å². The van der Waals surface area contributed by atoms with E-state index in [4.69, 9.17) is 0 Å². The van der Waals surface area contributed by atoms with Crippen molar-refractivity contribution in [3.63, 3.8) is 0 Å². The molecule has 0 atom stereocenters. The summed E-state index contributed by atoms with van der Waals surface area (Å²) in [6.45, 7) is 0. The van der Waals surface area contributed by atoms with Gasteiger partial charge in [-0.05, 0) is 12.1 Å². The summed E-state index contributed by atoms with van der Waals surface area (Å²) in [6.07, 6.45) is -9.58. The lowest BCUT2D eigenvalue weighted by Crippen LogP contribution is -2.52. The van der Waals surface area contributed by atoms with Crippen LogP contribution < -0.4 is 9.47 Å². The Morgan fingerprint density at radius 3 is 2.00 bits per heavy atom. The molecule has 1 aliphatic rings. The molecule has 0 bridgehead atoms. The van der Waals surface area contributed by atoms with Gasteiger partial charge in [0.15, 0.2) is 11.5 Å². The molecule has 0 N–H and O–H groups in total. The summed E-state index contributed by atoms with van der Waals surface area (Å²) in [6, 6.07) is 2.12. The highest BCUT2D eigenvalue weighted by atomic mass is 19.3. The lowest BCUT2D eigenvalue weighted by Gasteiger charge is -2.31. The van der Waals surface area contributed by atoms with Gasteiger partial charge in [-0.25, -0.2) is 4.39 Å². The van der Waals surface area contributed by atoms with Gasteiger partial charge >= 0.3 is 12.2 Å². The van der Waals surface area contributed by atoms with E-state index < -0.39 is 29.5 Å². The number of rotatable bonds is 0. The minimum absolute atomic E-state index is 0.540. The Morgan fingerprint density at radius 2 is 1.40 bits per heavy atom. The molecule has 2 nitrogen and oxygen atoms in total. The first-order valence-corrected chi connectivity index (χ1v) is 3.75. The molecule has 1 aromatic rings. The lowest BCUT2D eigenvalue weighted by molar-refractivity contribution is -0.391. The summed E-state index contributed by atoms with van der Waals surface area (Å²) < 4.78 is 70.2. The fourth-order valence-electron chi connectivity index (χ4n) is 1.04. The van der Waals surface area contributed by atoms with Crippen LogP contribution in [0.4, 0.5) is 22.0 Å². The molecule has 7 heteroatoms. The van der Waals surface area contributed by atoms with Gasteiger partial charge in [0.25, 0.3) is 0 Å². The molecule has 0 unspecified atom stereocenters. The molecule has 0 fully saturated rings. The average Bonchev–Trinajstić information content (AvgIpc) is 2.07. The quantitative estimate of drug-likeness (QED) is 0.633. The Bertz CT molecular complexity index is 404. The summed E-state index contributed by atoms with van der Waals surface area (Å²) in [5, 5.41) is 0. The van der Waals surface area contributed by atoms with Crippen LogP contribution in [0.5, 0.6) is 11.5 Å². The smallest absolute Gasteiger partial charge is 0.421 e. The molecule has 2 rings (SSSR count). The summed E-state index contributed by atoms with van der Waals surface area (Å²) >= 11 is 0. The maximum atomic E-state index is 12.6. The fourth-order valence-corrected chi connectivity index (χ4v) is 1.04. The minimum Gasteiger partial charge on any atom is -0.421 e. The van der Waals surface area contributed by atoms with E-state index in [9.17, 15) is 22.0 Å². The monoisotopic (exact) mass is 226 g/mol. The van der Waals surface area contributed by atoms with Gasteiger partial charge in [0, 0.05) is 6.07 Å². The molecule has 15 heavy (non-hydrogen) atoms. The van der Waals surface area contributed by atoms with E-state index >= 15 is 0 Å². The first kappa shape index (κ1) is 10.0. The molecular formula is C8H3F5O2. The number of halogens is 5. The highest BCUT2D eigenvalue weighted by Crippen LogP contribution is 2.46. The predicted octanol–water partition coefficient (Wildman–Crippen LogP) is 2.78. The molecule has 0 saturated heterocycles. The largest absolute Gasteiger partial charge is 0.507 e. The SMILES string of the molecule is Fc1ccc2c(c1)OC(F)(F)C(F)(F)O2. The molecule has 82 valence electrons. The van der Waals surface area contributed by atoms with E-state index in [1.807, 2.05) is 0 Å². The standard InChI is InChI=1S/C8H3F5O2/c9-4-1-2-5-6(3-4)15-8(12,13)7(10,11)14-5/h1-3H. The second kappa shape index (κ2) is 2.74. The average molecular weight is 226 g/mol. The van der Waals surface area contributed by atoms with Crippen molar-refractivity contribution in [1.82, 2.24) is 0 Å². The van der Waals surface area contributed by atoms with E-state index in [1.165, 1.54) is 0 Å². The molecular weight excluding hydrogens is 223 g/mol. The van der Waals surface area contributed by atoms with Crippen molar-refractivity contribution in [3.8, 4) is 11.5 Å². The summed E-state index contributed by atoms with van der Waals surface area (Å²) in [5.74, 6) is -2.28. The Morgan fingerprint density at radius 1 is 0.867 bits per heavy atom. The molecule has 0 aliphatic carbocycles. The van der Waals surface area contributed by atoms with Crippen LogP contribution in [0.25, 0.3) is 0 Å². The van der Waals surface area contributed by atoms with Gasteiger partial charge in [-0.15, -0.1) is 0 Å². The van der Waals surface area contributed by atoms with Gasteiger partial charge < -0.3 is 9.47 Å². The topological polar surface area (TPSA) is 18.5 Å². The third kappa shape index (κ3) is 1.47. The molecule has 0 amide bonds. The zero-order chi connectivity index (χ0) is 11.3. The number of ether oxygens (including phenoxy) is 2. The lowest BCUT2D eigenvalue weighted by atomic mass is 10.3. The number of benzene rings is 1. The zero-order valence-electron chi connectivity index (χ0n) is 6.94. The Balaban J connectivity index is 2.47. The predicted molar refractivity (Wildman–Crippen MR) is 37.6 cm³/mol. The first-order valence-electron chi connectivity index (χ1n) is 3.75. The molecule has 0 radical (unpaired) electrons. The normalized spacial score (nSPS) is 21.1. The van der Waals surface area contributed by atoms with Crippen LogP contribution in [0.3, 0.4) is 0 Å². The maximum Gasteiger partial charge on any atom is 0.507 e. The van der Waals surface area contributed by atoms with Gasteiger partial charge in [0.05, 0.1) is 0 Å². The summed E-state index contributed by atoms with van der Waals surface area (Å²) in [7, 11) is 0. The van der Waals surface area contributed by atoms with Crippen molar-refractivity contribution >= 4 is 0 Å². The Kier molecular flexibility index (Phi) is 1.83. The molecule has 0 aromatic heterocycles. The number of alkyl halides is 4. The second-order valence-electron chi connectivity index (χ2n) is 2.83. The van der Waals surface area contributed by atoms with E-state index in [2.05, 4.69) is 9.47 Å². The van der Waals surface area contributed by atoms with Crippen LogP contribution in [0.15, 0.2) is 18.2 Å². The van der Waals surface area contributed by atoms with Crippen LogP contribution in [0.1, 0.15) is 0 Å². The van der Waals surface area contributed by atoms with E-state index in [-0.39, 0.29) is 0 Å². The highest BCUT2D eigenvalue weighted by Gasteiger charge is 2.65. The number of fused-ring (bicyclic) bond motifs is 1. The first-order chi connectivity index (χ1) is 6.82. The fraction of sp³-hybridized carbons (Fsp3) is 0.250. The van der Waals surface area contributed by atoms with Gasteiger partial charge in [0.2, 0.25) is 0 Å². The summed E-state index contributed by atoms with van der Waals surface area (Å²) in [5.41, 5.74) is 0. The third-order valence-corrected chi connectivity index (χ3v) is 1.72. The summed E-state index contributed by atoms with van der Waals surface area (Å²) in [4.78, 5) is 0. The molecule has 0 saturated carbocycles. The van der Waals surface area contributed by atoms with Gasteiger partial charge in [-0.2, -0.15) is 17.6 Å². The van der Waals surface area contributed by atoms with Gasteiger partial charge in [-0.3, -0.25) is 0 Å². The zero-order valence-corrected chi connectivity index (χ0v) is 6.94. The van der Waals surface area contributed by atoms with E-state index in [0.29, 0.717) is 6.07 Å². The molecule has 1 aromatic carbocycles. The maximum absolute atomic E-state index is 12.6. The van der Waals surface area contributed by atoms with Crippen LogP contribution in [-0.2, 0) is 0 Å². The molecule has 1 aliphatic heterocycles. The molecule has 0 spiro atoms. The van der Waals surface area contributed by atoms with Crippen LogP contribution >= 0.6 is 0 Å². The Hall–Kier alpha value is -1.53. The number of hydrogen-bond acceptors (Lipinski definition) is 2. The van der Waals surface area contributed by atoms with Gasteiger partial charge in [0.1, 0.15) is 5.82 Å². The third-order valence-electron chi connectivity index (χ3n) is 1.72. The highest BCUT2D eigenvalue weighted by molar-refractivity contribution is 5.42. The van der Waals surface area contributed by atoms with Crippen LogP contribution in [0.2, 0.25) is 0 Å². The molecule has 1 heterocycles. The van der Waals surface area contributed by atoms with Crippen molar-refractivity contribution < 1.29 is 31.4 Å². The van der Waals surface area contributed by atoms with Crippen molar-refractivity contribution in [1.29, 1.82) is 0 Å². The Labute approximate surface area is 80.2 Å². The van der Waals surface area contributed by atoms with Crippen molar-refractivity contribution in [2.24, 2.45) is 0 Å². The van der Waals surface area contributed by atoms with E-state index in [1.54, 1.807) is 0 Å². The number of hydrogen-bond donors (Lipinski definition) is 0. The van der Waals surface area contributed by atoms with Gasteiger partial charge in [-0.1, -0.05) is 0 Å². The van der Waals surface area contributed by atoms with Crippen LogP contribution in [0, 0.1) is 5.82 Å².